The fourth-order valence-electron chi connectivity index (χ4n) is 2.11. The van der Waals surface area contributed by atoms with Crippen LogP contribution in [0.3, 0.4) is 0 Å². The van der Waals surface area contributed by atoms with Crippen LogP contribution in [0, 0.1) is 6.92 Å². The van der Waals surface area contributed by atoms with E-state index in [1.807, 2.05) is 19.1 Å². The van der Waals surface area contributed by atoms with Crippen LogP contribution in [0.4, 0.5) is 5.69 Å². The van der Waals surface area contributed by atoms with Crippen LogP contribution in [0.25, 0.3) is 0 Å². The second kappa shape index (κ2) is 8.36. The smallest absolute Gasteiger partial charge is 0.310 e. The lowest BCUT2D eigenvalue weighted by atomic mass is 10.1. The lowest BCUT2D eigenvalue weighted by Gasteiger charge is -2.10. The van der Waals surface area contributed by atoms with Gasteiger partial charge in [0.1, 0.15) is 5.75 Å². The van der Waals surface area contributed by atoms with Gasteiger partial charge in [0.25, 0.3) is 5.91 Å². The molecule has 0 atom stereocenters. The summed E-state index contributed by atoms with van der Waals surface area (Å²) in [5.74, 6) is -0.357. The van der Waals surface area contributed by atoms with Crippen molar-refractivity contribution >= 4 is 29.2 Å². The Morgan fingerprint density at radius 3 is 2.62 bits per heavy atom. The van der Waals surface area contributed by atoms with E-state index in [1.165, 1.54) is 7.11 Å². The molecule has 6 heteroatoms. The number of carbonyl (C=O) groups is 2. The van der Waals surface area contributed by atoms with Crippen molar-refractivity contribution in [1.29, 1.82) is 0 Å². The molecule has 0 saturated carbocycles. The zero-order valence-corrected chi connectivity index (χ0v) is 14.2. The Morgan fingerprint density at radius 2 is 1.92 bits per heavy atom. The lowest BCUT2D eigenvalue weighted by molar-refractivity contribution is -0.146. The van der Waals surface area contributed by atoms with Gasteiger partial charge in [-0.15, -0.1) is 0 Å². The van der Waals surface area contributed by atoms with Crippen LogP contribution in [-0.2, 0) is 20.7 Å². The Bertz CT molecular complexity index is 746. The number of halogens is 1. The van der Waals surface area contributed by atoms with E-state index in [1.54, 1.807) is 30.3 Å². The summed E-state index contributed by atoms with van der Waals surface area (Å²) in [5, 5.41) is 3.04. The molecule has 24 heavy (non-hydrogen) atoms. The highest BCUT2D eigenvalue weighted by Gasteiger charge is 2.12. The van der Waals surface area contributed by atoms with Gasteiger partial charge in [-0.1, -0.05) is 35.9 Å². The average molecular weight is 348 g/mol. The number of rotatable bonds is 6. The molecule has 2 aromatic rings. The highest BCUT2D eigenvalue weighted by molar-refractivity contribution is 6.33. The number of hydrogen-bond acceptors (Lipinski definition) is 4. The molecule has 0 radical (unpaired) electrons. The van der Waals surface area contributed by atoms with Gasteiger partial charge in [-0.25, -0.2) is 0 Å². The summed E-state index contributed by atoms with van der Waals surface area (Å²) in [6.45, 7) is 1.52. The fourth-order valence-corrected chi connectivity index (χ4v) is 2.39. The first-order valence-electron chi connectivity index (χ1n) is 7.33. The topological polar surface area (TPSA) is 64.6 Å². The van der Waals surface area contributed by atoms with Crippen LogP contribution in [0.1, 0.15) is 11.1 Å². The van der Waals surface area contributed by atoms with Gasteiger partial charge >= 0.3 is 5.97 Å². The molecule has 0 aliphatic rings. The standard InChI is InChI=1S/C18H18ClNO4/c1-12-7-8-15(14(19)9-12)20-17(21)11-24-18(22)10-13-5-3-4-6-16(13)23-2/h3-9H,10-11H2,1-2H3,(H,20,21). The highest BCUT2D eigenvalue weighted by atomic mass is 35.5. The number of amides is 1. The molecule has 0 aromatic heterocycles. The number of anilines is 1. The zero-order chi connectivity index (χ0) is 17.5. The number of carbonyl (C=O) groups excluding carboxylic acids is 2. The summed E-state index contributed by atoms with van der Waals surface area (Å²) in [4.78, 5) is 23.7. The van der Waals surface area contributed by atoms with Crippen LogP contribution >= 0.6 is 11.6 Å². The minimum Gasteiger partial charge on any atom is -0.496 e. The number of aryl methyl sites for hydroxylation is 1. The van der Waals surface area contributed by atoms with E-state index in [9.17, 15) is 9.59 Å². The molecule has 1 N–H and O–H groups in total. The van der Waals surface area contributed by atoms with Gasteiger partial charge in [-0.2, -0.15) is 0 Å². The third-order valence-corrected chi connectivity index (χ3v) is 3.60. The quantitative estimate of drug-likeness (QED) is 0.813. The van der Waals surface area contributed by atoms with Crippen LogP contribution in [0.5, 0.6) is 5.75 Å². The fraction of sp³-hybridized carbons (Fsp3) is 0.222. The van der Waals surface area contributed by atoms with Crippen molar-refractivity contribution in [1.82, 2.24) is 0 Å². The van der Waals surface area contributed by atoms with E-state index >= 15 is 0 Å². The van der Waals surface area contributed by atoms with Gasteiger partial charge in [0.2, 0.25) is 0 Å². The molecular formula is C18H18ClNO4. The number of esters is 1. The van der Waals surface area contributed by atoms with Crippen LogP contribution < -0.4 is 10.1 Å². The Balaban J connectivity index is 1.86. The third-order valence-electron chi connectivity index (χ3n) is 3.29. The molecule has 0 spiro atoms. The molecule has 5 nitrogen and oxygen atoms in total. The maximum Gasteiger partial charge on any atom is 0.310 e. The summed E-state index contributed by atoms with van der Waals surface area (Å²) in [7, 11) is 1.53. The van der Waals surface area contributed by atoms with Crippen LogP contribution in [0.15, 0.2) is 42.5 Å². The SMILES string of the molecule is COc1ccccc1CC(=O)OCC(=O)Nc1ccc(C)cc1Cl. The van der Waals surface area contributed by atoms with E-state index in [4.69, 9.17) is 21.1 Å². The van der Waals surface area contributed by atoms with E-state index in [-0.39, 0.29) is 13.0 Å². The van der Waals surface area contributed by atoms with Crippen molar-refractivity contribution in [2.45, 2.75) is 13.3 Å². The number of hydrogen-bond donors (Lipinski definition) is 1. The Kier molecular flexibility index (Phi) is 6.21. The van der Waals surface area contributed by atoms with Crippen molar-refractivity contribution < 1.29 is 19.1 Å². The van der Waals surface area contributed by atoms with Crippen LogP contribution in [-0.4, -0.2) is 25.6 Å². The van der Waals surface area contributed by atoms with Crippen molar-refractivity contribution in [2.75, 3.05) is 19.0 Å². The first-order chi connectivity index (χ1) is 11.5. The molecule has 126 valence electrons. The summed E-state index contributed by atoms with van der Waals surface area (Å²) >= 11 is 6.04. The largest absolute Gasteiger partial charge is 0.496 e. The minimum absolute atomic E-state index is 0.0303. The van der Waals surface area contributed by atoms with E-state index in [2.05, 4.69) is 5.32 Å². The third kappa shape index (κ3) is 4.99. The summed E-state index contributed by atoms with van der Waals surface area (Å²) < 4.78 is 10.2. The second-order valence-corrected chi connectivity index (χ2v) is 5.59. The molecule has 0 unspecified atom stereocenters. The average Bonchev–Trinajstić information content (AvgIpc) is 2.56. The molecular weight excluding hydrogens is 330 g/mol. The van der Waals surface area contributed by atoms with Crippen LogP contribution in [0.2, 0.25) is 5.02 Å². The number of ether oxygens (including phenoxy) is 2. The Morgan fingerprint density at radius 1 is 1.17 bits per heavy atom. The van der Waals surface area contributed by atoms with Gasteiger partial charge in [0.05, 0.1) is 24.2 Å². The lowest BCUT2D eigenvalue weighted by Crippen LogP contribution is -2.21. The first kappa shape index (κ1) is 17.8. The zero-order valence-electron chi connectivity index (χ0n) is 13.5. The predicted molar refractivity (Wildman–Crippen MR) is 92.5 cm³/mol. The van der Waals surface area contributed by atoms with Gasteiger partial charge in [0, 0.05) is 5.56 Å². The maximum absolute atomic E-state index is 11.9. The van der Waals surface area contributed by atoms with Crippen molar-refractivity contribution in [3.63, 3.8) is 0 Å². The van der Waals surface area contributed by atoms with Gasteiger partial charge in [0.15, 0.2) is 6.61 Å². The summed E-state index contributed by atoms with van der Waals surface area (Å²) in [6.07, 6.45) is 0.0303. The Labute approximate surface area is 145 Å². The first-order valence-corrected chi connectivity index (χ1v) is 7.71. The van der Waals surface area contributed by atoms with Crippen molar-refractivity contribution in [3.8, 4) is 5.75 Å². The van der Waals surface area contributed by atoms with Gasteiger partial charge in [-0.05, 0) is 30.7 Å². The van der Waals surface area contributed by atoms with E-state index < -0.39 is 11.9 Å². The molecule has 0 aliphatic heterocycles. The van der Waals surface area contributed by atoms with Crippen molar-refractivity contribution in [3.05, 3.63) is 58.6 Å². The van der Waals surface area contributed by atoms with Crippen molar-refractivity contribution in [2.24, 2.45) is 0 Å². The Hall–Kier alpha value is -2.53. The summed E-state index contributed by atoms with van der Waals surface area (Å²) in [5.41, 5.74) is 2.17. The monoisotopic (exact) mass is 347 g/mol. The second-order valence-electron chi connectivity index (χ2n) is 5.18. The minimum atomic E-state index is -0.510. The van der Waals surface area contributed by atoms with E-state index in [0.717, 1.165) is 5.56 Å². The predicted octanol–water partition coefficient (Wildman–Crippen LogP) is 3.38. The maximum atomic E-state index is 11.9. The number of nitrogens with one attached hydrogen (secondary N) is 1. The molecule has 0 aliphatic carbocycles. The van der Waals surface area contributed by atoms with Gasteiger partial charge < -0.3 is 14.8 Å². The molecule has 0 bridgehead atoms. The number of methoxy groups -OCH3 is 1. The molecule has 0 heterocycles. The highest BCUT2D eigenvalue weighted by Crippen LogP contribution is 2.22. The normalized spacial score (nSPS) is 10.1. The molecule has 2 rings (SSSR count). The molecule has 1 amide bonds. The molecule has 2 aromatic carbocycles. The summed E-state index contributed by atoms with van der Waals surface area (Å²) in [6, 6.07) is 12.4. The van der Waals surface area contributed by atoms with Gasteiger partial charge in [-0.3, -0.25) is 9.59 Å². The molecule has 0 fully saturated rings. The van der Waals surface area contributed by atoms with E-state index in [0.29, 0.717) is 22.0 Å². The molecule has 0 saturated heterocycles. The number of para-hydroxylation sites is 1. The number of benzene rings is 2.